The number of benzene rings is 1. The number of halogens is 1. The zero-order valence-corrected chi connectivity index (χ0v) is 18.0. The Morgan fingerprint density at radius 3 is 2.43 bits per heavy atom. The summed E-state index contributed by atoms with van der Waals surface area (Å²) in [5, 5.41) is 5.51. The average Bonchev–Trinajstić information content (AvgIpc) is 2.66. The molecule has 3 amide bonds. The number of amides is 3. The lowest BCUT2D eigenvalue weighted by atomic mass is 10.0. The lowest BCUT2D eigenvalue weighted by Gasteiger charge is -2.32. The van der Waals surface area contributed by atoms with Crippen LogP contribution in [0.5, 0.6) is 0 Å². The van der Waals surface area contributed by atoms with Gasteiger partial charge < -0.3 is 20.3 Å². The van der Waals surface area contributed by atoms with E-state index in [0.29, 0.717) is 37.9 Å². The van der Waals surface area contributed by atoms with Crippen molar-refractivity contribution in [3.63, 3.8) is 0 Å². The number of hydrogen-bond acceptors (Lipinski definition) is 4. The van der Waals surface area contributed by atoms with Crippen LogP contribution in [0, 0.1) is 5.82 Å². The minimum atomic E-state index is -0.576. The van der Waals surface area contributed by atoms with Gasteiger partial charge in [-0.1, -0.05) is 18.2 Å². The second-order valence-electron chi connectivity index (χ2n) is 8.49. The van der Waals surface area contributed by atoms with Crippen LogP contribution in [0.1, 0.15) is 52.0 Å². The molecule has 0 aliphatic carbocycles. The molecule has 7 nitrogen and oxygen atoms in total. The molecule has 1 fully saturated rings. The molecule has 1 aliphatic rings. The van der Waals surface area contributed by atoms with Crippen molar-refractivity contribution in [2.75, 3.05) is 19.6 Å². The first-order valence-electron chi connectivity index (χ1n) is 10.4. The molecule has 0 unspecified atom stereocenters. The number of likely N-dealkylation sites (tertiary alicyclic amines) is 1. The highest BCUT2D eigenvalue weighted by Gasteiger charge is 2.24. The van der Waals surface area contributed by atoms with Gasteiger partial charge in [0, 0.05) is 38.5 Å². The number of carbonyl (C=O) groups excluding carboxylic acids is 3. The summed E-state index contributed by atoms with van der Waals surface area (Å²) in [6.45, 7) is 6.66. The zero-order valence-electron chi connectivity index (χ0n) is 18.0. The van der Waals surface area contributed by atoms with Crippen LogP contribution in [0.3, 0.4) is 0 Å². The Labute approximate surface area is 177 Å². The van der Waals surface area contributed by atoms with E-state index < -0.39 is 11.7 Å². The Morgan fingerprint density at radius 1 is 1.13 bits per heavy atom. The van der Waals surface area contributed by atoms with E-state index >= 15 is 0 Å². The van der Waals surface area contributed by atoms with Gasteiger partial charge >= 0.3 is 6.09 Å². The molecule has 1 aromatic rings. The summed E-state index contributed by atoms with van der Waals surface area (Å²) in [5.74, 6) is -0.423. The summed E-state index contributed by atoms with van der Waals surface area (Å²) in [6, 6.07) is 6.50. The van der Waals surface area contributed by atoms with Gasteiger partial charge in [-0.2, -0.15) is 0 Å². The van der Waals surface area contributed by atoms with Gasteiger partial charge in [0.25, 0.3) is 0 Å². The maximum atomic E-state index is 13.7. The number of carbonyl (C=O) groups is 3. The monoisotopic (exact) mass is 421 g/mol. The van der Waals surface area contributed by atoms with Crippen molar-refractivity contribution in [3.05, 3.63) is 35.6 Å². The number of hydrogen-bond donors (Lipinski definition) is 2. The Balaban J connectivity index is 1.63. The Morgan fingerprint density at radius 2 is 1.80 bits per heavy atom. The molecule has 1 aliphatic heterocycles. The fourth-order valence-corrected chi connectivity index (χ4v) is 3.27. The predicted molar refractivity (Wildman–Crippen MR) is 111 cm³/mol. The van der Waals surface area contributed by atoms with Crippen LogP contribution < -0.4 is 10.6 Å². The average molecular weight is 422 g/mol. The Hall–Kier alpha value is -2.64. The molecule has 0 atom stereocenters. The Kier molecular flexibility index (Phi) is 8.62. The third-order valence-electron chi connectivity index (χ3n) is 4.80. The fourth-order valence-electron chi connectivity index (χ4n) is 3.27. The van der Waals surface area contributed by atoms with E-state index in [4.69, 9.17) is 4.74 Å². The molecule has 1 aromatic carbocycles. The second kappa shape index (κ2) is 10.9. The van der Waals surface area contributed by atoms with Crippen LogP contribution in [0.4, 0.5) is 9.18 Å². The number of aryl methyl sites for hydroxylation is 1. The van der Waals surface area contributed by atoms with E-state index in [1.54, 1.807) is 43.9 Å². The van der Waals surface area contributed by atoms with Gasteiger partial charge in [0.1, 0.15) is 11.4 Å². The minimum Gasteiger partial charge on any atom is -0.444 e. The first kappa shape index (κ1) is 23.6. The molecule has 0 saturated carbocycles. The smallest absolute Gasteiger partial charge is 0.407 e. The summed E-state index contributed by atoms with van der Waals surface area (Å²) in [7, 11) is 0. The molecule has 166 valence electrons. The zero-order chi connectivity index (χ0) is 22.1. The summed E-state index contributed by atoms with van der Waals surface area (Å²) in [4.78, 5) is 37.8. The van der Waals surface area contributed by atoms with Crippen LogP contribution >= 0.6 is 0 Å². The van der Waals surface area contributed by atoms with Crippen molar-refractivity contribution in [1.29, 1.82) is 0 Å². The standard InChI is InChI=1S/C22H32FN3O4/c1-22(2,3)30-21(29)24-13-10-19(27)25-17-11-14-26(15-12-17)20(28)9-8-16-6-4-5-7-18(16)23/h4-7,17H,8-15H2,1-3H3,(H,24,29)(H,25,27). The molecule has 0 spiro atoms. The minimum absolute atomic E-state index is 0.00425. The first-order valence-corrected chi connectivity index (χ1v) is 10.4. The number of ether oxygens (including phenoxy) is 1. The number of nitrogens with one attached hydrogen (secondary N) is 2. The molecule has 0 radical (unpaired) electrons. The number of piperidine rings is 1. The molecule has 8 heteroatoms. The predicted octanol–water partition coefficient (Wildman–Crippen LogP) is 2.78. The third-order valence-corrected chi connectivity index (χ3v) is 4.80. The summed E-state index contributed by atoms with van der Waals surface area (Å²) >= 11 is 0. The topological polar surface area (TPSA) is 87.7 Å². The van der Waals surface area contributed by atoms with E-state index in [0.717, 1.165) is 0 Å². The van der Waals surface area contributed by atoms with E-state index in [9.17, 15) is 18.8 Å². The molecule has 2 N–H and O–H groups in total. The molecular formula is C22H32FN3O4. The molecule has 30 heavy (non-hydrogen) atoms. The van der Waals surface area contributed by atoms with Gasteiger partial charge in [-0.3, -0.25) is 9.59 Å². The number of nitrogens with zero attached hydrogens (tertiary/aromatic N) is 1. The fraction of sp³-hybridized carbons (Fsp3) is 0.591. The van der Waals surface area contributed by atoms with Crippen molar-refractivity contribution in [2.24, 2.45) is 0 Å². The molecule has 0 aromatic heterocycles. The van der Waals surface area contributed by atoms with E-state index in [1.807, 2.05) is 0 Å². The van der Waals surface area contributed by atoms with E-state index in [2.05, 4.69) is 10.6 Å². The van der Waals surface area contributed by atoms with Gasteiger partial charge in [-0.05, 0) is 51.7 Å². The van der Waals surface area contributed by atoms with Crippen LogP contribution in [0.25, 0.3) is 0 Å². The van der Waals surface area contributed by atoms with Crippen LogP contribution in [0.2, 0.25) is 0 Å². The molecular weight excluding hydrogens is 389 g/mol. The van der Waals surface area contributed by atoms with Crippen molar-refractivity contribution < 1.29 is 23.5 Å². The van der Waals surface area contributed by atoms with Crippen molar-refractivity contribution >= 4 is 17.9 Å². The summed E-state index contributed by atoms with van der Waals surface area (Å²) in [6.07, 6.45) is 1.63. The van der Waals surface area contributed by atoms with Crippen molar-refractivity contribution in [1.82, 2.24) is 15.5 Å². The van der Waals surface area contributed by atoms with Crippen LogP contribution in [0.15, 0.2) is 24.3 Å². The number of alkyl carbamates (subject to hydrolysis) is 1. The maximum Gasteiger partial charge on any atom is 0.407 e. The first-order chi connectivity index (χ1) is 14.1. The quantitative estimate of drug-likeness (QED) is 0.709. The maximum absolute atomic E-state index is 13.7. The summed E-state index contributed by atoms with van der Waals surface area (Å²) < 4.78 is 18.8. The molecule has 1 heterocycles. The third kappa shape index (κ3) is 8.39. The second-order valence-corrected chi connectivity index (χ2v) is 8.49. The van der Waals surface area contributed by atoms with Gasteiger partial charge in [-0.25, -0.2) is 9.18 Å². The van der Waals surface area contributed by atoms with Gasteiger partial charge in [0.15, 0.2) is 0 Å². The van der Waals surface area contributed by atoms with Gasteiger partial charge in [0.05, 0.1) is 0 Å². The van der Waals surface area contributed by atoms with E-state index in [-0.39, 0.29) is 43.1 Å². The van der Waals surface area contributed by atoms with Gasteiger partial charge in [-0.15, -0.1) is 0 Å². The highest BCUT2D eigenvalue weighted by Crippen LogP contribution is 2.14. The van der Waals surface area contributed by atoms with Crippen LogP contribution in [-0.2, 0) is 20.7 Å². The number of rotatable bonds is 7. The lowest BCUT2D eigenvalue weighted by Crippen LogP contribution is -2.47. The Bertz CT molecular complexity index is 740. The summed E-state index contributed by atoms with van der Waals surface area (Å²) in [5.41, 5.74) is -0.0273. The SMILES string of the molecule is CC(C)(C)OC(=O)NCCC(=O)NC1CCN(C(=O)CCc2ccccc2F)CC1. The molecule has 1 saturated heterocycles. The highest BCUT2D eigenvalue weighted by atomic mass is 19.1. The van der Waals surface area contributed by atoms with Gasteiger partial charge in [0.2, 0.25) is 11.8 Å². The molecule has 2 rings (SSSR count). The van der Waals surface area contributed by atoms with Crippen molar-refractivity contribution in [2.45, 2.75) is 64.5 Å². The van der Waals surface area contributed by atoms with Crippen molar-refractivity contribution in [3.8, 4) is 0 Å². The lowest BCUT2D eigenvalue weighted by molar-refractivity contribution is -0.132. The van der Waals surface area contributed by atoms with E-state index in [1.165, 1.54) is 6.07 Å². The highest BCUT2D eigenvalue weighted by molar-refractivity contribution is 5.78. The molecule has 0 bridgehead atoms. The normalized spacial score (nSPS) is 14.9. The largest absolute Gasteiger partial charge is 0.444 e. The van der Waals surface area contributed by atoms with Crippen LogP contribution in [-0.4, -0.2) is 54.1 Å².